The van der Waals surface area contributed by atoms with Crippen molar-refractivity contribution in [2.75, 3.05) is 0 Å². The Morgan fingerprint density at radius 3 is 2.47 bits per heavy atom. The maximum Gasteiger partial charge on any atom is 0.321 e. The first kappa shape index (κ1) is 9.97. The van der Waals surface area contributed by atoms with Gasteiger partial charge in [-0.2, -0.15) is 0 Å². The maximum absolute atomic E-state index is 11.0. The van der Waals surface area contributed by atoms with Gasteiger partial charge in [-0.15, -0.1) is 0 Å². The molecule has 1 heterocycles. The predicted octanol–water partition coefficient (Wildman–Crippen LogP) is 3.00. The molecule has 0 aromatic heterocycles. The number of esters is 1. The minimum atomic E-state index is -0.119. The molecule has 0 saturated carbocycles. The quantitative estimate of drug-likeness (QED) is 0.689. The molecule has 78 valence electrons. The summed E-state index contributed by atoms with van der Waals surface area (Å²) in [5.41, 5.74) is 2.29. The third-order valence-corrected chi connectivity index (χ3v) is 2.73. The lowest BCUT2D eigenvalue weighted by Crippen LogP contribution is -2.30. The third kappa shape index (κ3) is 1.67. The van der Waals surface area contributed by atoms with Crippen LogP contribution in [0, 0.1) is 5.92 Å². The van der Waals surface area contributed by atoms with Gasteiger partial charge in [-0.3, -0.25) is 4.79 Å². The fraction of sp³-hybridized carbons (Fsp3) is 0.308. The van der Waals surface area contributed by atoms with Gasteiger partial charge in [-0.05, 0) is 24.5 Å². The van der Waals surface area contributed by atoms with Crippen molar-refractivity contribution in [2.45, 2.75) is 20.3 Å². The zero-order valence-corrected chi connectivity index (χ0v) is 8.99. The van der Waals surface area contributed by atoms with Crippen molar-refractivity contribution in [3.8, 4) is 0 Å². The highest BCUT2D eigenvalue weighted by atomic mass is 16.6. The smallest absolute Gasteiger partial charge is 0.321 e. The van der Waals surface area contributed by atoms with E-state index in [4.69, 9.17) is 4.74 Å². The average Bonchev–Trinajstić information content (AvgIpc) is 2.30. The Balaban J connectivity index is 2.37. The summed E-state index contributed by atoms with van der Waals surface area (Å²) >= 11 is 0. The lowest BCUT2D eigenvalue weighted by molar-refractivity contribution is -0.155. The molecule has 0 amide bonds. The molecule has 15 heavy (non-hydrogen) atoms. The van der Waals surface area contributed by atoms with Crippen molar-refractivity contribution < 1.29 is 9.53 Å². The van der Waals surface area contributed by atoms with Gasteiger partial charge < -0.3 is 4.74 Å². The lowest BCUT2D eigenvalue weighted by atomic mass is 9.93. The number of rotatable bonds is 2. The van der Waals surface area contributed by atoms with Crippen LogP contribution in [0.2, 0.25) is 0 Å². The van der Waals surface area contributed by atoms with Crippen LogP contribution in [0.5, 0.6) is 0 Å². The van der Waals surface area contributed by atoms with Crippen LogP contribution in [0.25, 0.3) is 5.57 Å². The normalized spacial score (nSPS) is 23.1. The molecule has 0 unspecified atom stereocenters. The predicted molar refractivity (Wildman–Crippen MR) is 58.9 cm³/mol. The van der Waals surface area contributed by atoms with Gasteiger partial charge in [0, 0.05) is 0 Å². The van der Waals surface area contributed by atoms with Gasteiger partial charge in [0.1, 0.15) is 11.7 Å². The van der Waals surface area contributed by atoms with Crippen molar-refractivity contribution in [2.24, 2.45) is 5.92 Å². The molecule has 2 nitrogen and oxygen atoms in total. The Morgan fingerprint density at radius 1 is 1.33 bits per heavy atom. The van der Waals surface area contributed by atoms with Gasteiger partial charge in [0.2, 0.25) is 0 Å². The Bertz CT molecular complexity index is 404. The highest BCUT2D eigenvalue weighted by Gasteiger charge is 2.35. The fourth-order valence-corrected chi connectivity index (χ4v) is 1.82. The first-order valence-electron chi connectivity index (χ1n) is 5.24. The largest absolute Gasteiger partial charge is 0.429 e. The highest BCUT2D eigenvalue weighted by molar-refractivity contribution is 5.88. The minimum Gasteiger partial charge on any atom is -0.429 e. The number of allylic oxidation sites excluding steroid dienone is 1. The Morgan fingerprint density at radius 2 is 2.00 bits per heavy atom. The minimum absolute atomic E-state index is 0.0693. The van der Waals surface area contributed by atoms with E-state index >= 15 is 0 Å². The summed E-state index contributed by atoms with van der Waals surface area (Å²) in [4.78, 5) is 11.0. The molecule has 1 aromatic carbocycles. The van der Waals surface area contributed by atoms with Crippen LogP contribution >= 0.6 is 0 Å². The van der Waals surface area contributed by atoms with Crippen LogP contribution in [-0.4, -0.2) is 5.97 Å². The summed E-state index contributed by atoms with van der Waals surface area (Å²) in [5.74, 6) is 0.653. The van der Waals surface area contributed by atoms with Crippen LogP contribution in [-0.2, 0) is 9.53 Å². The van der Waals surface area contributed by atoms with E-state index in [1.54, 1.807) is 0 Å². The van der Waals surface area contributed by atoms with Gasteiger partial charge in [0.25, 0.3) is 0 Å². The maximum atomic E-state index is 11.0. The van der Waals surface area contributed by atoms with Crippen LogP contribution in [0.3, 0.4) is 0 Å². The Hall–Kier alpha value is -1.57. The number of cyclic esters (lactones) is 1. The zero-order chi connectivity index (χ0) is 10.8. The molecule has 1 aromatic rings. The van der Waals surface area contributed by atoms with Gasteiger partial charge >= 0.3 is 5.97 Å². The summed E-state index contributed by atoms with van der Waals surface area (Å²) in [5, 5.41) is 0. The van der Waals surface area contributed by atoms with E-state index in [1.807, 2.05) is 37.3 Å². The molecule has 0 spiro atoms. The number of carbonyl (C=O) groups is 1. The van der Waals surface area contributed by atoms with E-state index < -0.39 is 0 Å². The summed E-state index contributed by atoms with van der Waals surface area (Å²) in [7, 11) is 0. The monoisotopic (exact) mass is 202 g/mol. The van der Waals surface area contributed by atoms with Gasteiger partial charge in [0.15, 0.2) is 0 Å². The van der Waals surface area contributed by atoms with E-state index in [0.29, 0.717) is 0 Å². The number of ether oxygens (including phenoxy) is 1. The molecule has 0 bridgehead atoms. The molecule has 2 rings (SSSR count). The number of hydrogen-bond donors (Lipinski definition) is 0. The average molecular weight is 202 g/mol. The van der Waals surface area contributed by atoms with Crippen molar-refractivity contribution in [3.05, 3.63) is 41.7 Å². The van der Waals surface area contributed by atoms with Gasteiger partial charge in [-0.1, -0.05) is 37.3 Å². The number of carbonyl (C=O) groups excluding carboxylic acids is 1. The molecular weight excluding hydrogens is 188 g/mol. The van der Waals surface area contributed by atoms with E-state index in [2.05, 4.69) is 6.92 Å². The summed E-state index contributed by atoms with van der Waals surface area (Å²) in [6, 6.07) is 10.1. The standard InChI is InChI=1S/C13H14O2/c1-3-11(10-7-5-4-6-8-10)12-9(2)13(14)15-12/h4-9H,3H2,1-2H3/b12-11-/t9-/m1/s1. The van der Waals surface area contributed by atoms with E-state index in [9.17, 15) is 4.79 Å². The second-order valence-corrected chi connectivity index (χ2v) is 3.71. The first-order chi connectivity index (χ1) is 7.24. The van der Waals surface area contributed by atoms with Crippen LogP contribution < -0.4 is 0 Å². The molecule has 0 N–H and O–H groups in total. The van der Waals surface area contributed by atoms with Crippen molar-refractivity contribution in [3.63, 3.8) is 0 Å². The topological polar surface area (TPSA) is 26.3 Å². The lowest BCUT2D eigenvalue weighted by Gasteiger charge is -2.27. The van der Waals surface area contributed by atoms with Gasteiger partial charge in [0.05, 0.1) is 0 Å². The summed E-state index contributed by atoms with van der Waals surface area (Å²) in [6.07, 6.45) is 0.886. The van der Waals surface area contributed by atoms with E-state index in [1.165, 1.54) is 0 Å². The molecule has 0 aliphatic carbocycles. The highest BCUT2D eigenvalue weighted by Crippen LogP contribution is 2.34. The molecule has 1 aliphatic rings. The summed E-state index contributed by atoms with van der Waals surface area (Å²) < 4.78 is 5.10. The SMILES string of the molecule is CC/C(=C1/OC(=O)[C@@H]1C)c1ccccc1. The van der Waals surface area contributed by atoms with Crippen LogP contribution in [0.4, 0.5) is 0 Å². The zero-order valence-electron chi connectivity index (χ0n) is 8.99. The molecule has 0 radical (unpaired) electrons. The Labute approximate surface area is 89.6 Å². The summed E-state index contributed by atoms with van der Waals surface area (Å²) in [6.45, 7) is 3.97. The Kier molecular flexibility index (Phi) is 2.58. The number of benzene rings is 1. The van der Waals surface area contributed by atoms with E-state index in [-0.39, 0.29) is 11.9 Å². The van der Waals surface area contributed by atoms with Crippen molar-refractivity contribution >= 4 is 11.5 Å². The molecule has 1 fully saturated rings. The number of hydrogen-bond acceptors (Lipinski definition) is 2. The molecule has 1 atom stereocenters. The van der Waals surface area contributed by atoms with Crippen molar-refractivity contribution in [1.29, 1.82) is 0 Å². The molecule has 1 saturated heterocycles. The van der Waals surface area contributed by atoms with Crippen LogP contribution in [0.15, 0.2) is 36.1 Å². The molecule has 2 heteroatoms. The van der Waals surface area contributed by atoms with Gasteiger partial charge in [-0.25, -0.2) is 0 Å². The first-order valence-corrected chi connectivity index (χ1v) is 5.24. The fourth-order valence-electron chi connectivity index (χ4n) is 1.82. The van der Waals surface area contributed by atoms with E-state index in [0.717, 1.165) is 23.3 Å². The second kappa shape index (κ2) is 3.89. The van der Waals surface area contributed by atoms with Crippen molar-refractivity contribution in [1.82, 2.24) is 0 Å². The molecular formula is C13H14O2. The van der Waals surface area contributed by atoms with Crippen LogP contribution in [0.1, 0.15) is 25.8 Å². The second-order valence-electron chi connectivity index (χ2n) is 3.71. The molecule has 1 aliphatic heterocycles. The third-order valence-electron chi connectivity index (χ3n) is 2.73.